The van der Waals surface area contributed by atoms with Gasteiger partial charge in [-0.05, 0) is 64.1 Å². The predicted molar refractivity (Wildman–Crippen MR) is 156 cm³/mol. The molecule has 5 aromatic rings. The number of anilines is 1. The number of pyridine rings is 1. The predicted octanol–water partition coefficient (Wildman–Crippen LogP) is 7.81. The quantitative estimate of drug-likeness (QED) is 0.235. The van der Waals surface area contributed by atoms with Crippen molar-refractivity contribution in [3.8, 4) is 11.1 Å². The van der Waals surface area contributed by atoms with Gasteiger partial charge in [0.2, 0.25) is 0 Å². The number of carbonyl (C=O) groups excluding carboxylic acids is 2. The average molecular weight is 515 g/mol. The summed E-state index contributed by atoms with van der Waals surface area (Å²) in [5, 5.41) is 3.76. The molecule has 0 radical (unpaired) electrons. The van der Waals surface area contributed by atoms with Gasteiger partial charge in [0, 0.05) is 10.9 Å². The van der Waals surface area contributed by atoms with Crippen LogP contribution in [-0.4, -0.2) is 16.9 Å². The van der Waals surface area contributed by atoms with Crippen LogP contribution in [0.2, 0.25) is 0 Å². The molecule has 0 unspecified atom stereocenters. The van der Waals surface area contributed by atoms with Gasteiger partial charge in [-0.25, -0.2) is 9.78 Å². The number of carbonyl (C=O) groups is 2. The fraction of sp³-hybridized carbons (Fsp3) is 0.147. The first-order valence-corrected chi connectivity index (χ1v) is 12.9. The molecule has 0 fully saturated rings. The van der Waals surface area contributed by atoms with Gasteiger partial charge < -0.3 is 10.1 Å². The van der Waals surface area contributed by atoms with Crippen molar-refractivity contribution < 1.29 is 14.3 Å². The van der Waals surface area contributed by atoms with Crippen LogP contribution < -0.4 is 5.32 Å². The van der Waals surface area contributed by atoms with Crippen molar-refractivity contribution in [3.63, 3.8) is 0 Å². The summed E-state index contributed by atoms with van der Waals surface area (Å²) in [5.74, 6) is -0.173. The maximum absolute atomic E-state index is 13.5. The number of hydrogen-bond acceptors (Lipinski definition) is 4. The molecular weight excluding hydrogens is 484 g/mol. The third-order valence-corrected chi connectivity index (χ3v) is 6.56. The van der Waals surface area contributed by atoms with Crippen molar-refractivity contribution >= 4 is 28.6 Å². The zero-order valence-electron chi connectivity index (χ0n) is 22.3. The Kier molecular flexibility index (Phi) is 7.24. The first kappa shape index (κ1) is 25.9. The Hall–Kier alpha value is -4.77. The van der Waals surface area contributed by atoms with E-state index < -0.39 is 5.97 Å². The first-order valence-electron chi connectivity index (χ1n) is 12.9. The number of benzene rings is 4. The van der Waals surface area contributed by atoms with Crippen LogP contribution in [0.3, 0.4) is 0 Å². The summed E-state index contributed by atoms with van der Waals surface area (Å²) < 4.78 is 5.45. The number of aromatic nitrogens is 1. The molecule has 0 saturated heterocycles. The minimum absolute atomic E-state index is 0.211. The molecule has 0 aliphatic carbocycles. The van der Waals surface area contributed by atoms with E-state index in [1.807, 2.05) is 78.9 Å². The van der Waals surface area contributed by atoms with Crippen molar-refractivity contribution in [3.05, 3.63) is 131 Å². The van der Waals surface area contributed by atoms with Gasteiger partial charge in [-0.3, -0.25) is 4.79 Å². The summed E-state index contributed by atoms with van der Waals surface area (Å²) in [6.07, 6.45) is 0. The Balaban J connectivity index is 1.36. The fourth-order valence-corrected chi connectivity index (χ4v) is 4.51. The lowest BCUT2D eigenvalue weighted by molar-refractivity contribution is 0.0473. The van der Waals surface area contributed by atoms with Crippen LogP contribution in [0.1, 0.15) is 52.6 Å². The van der Waals surface area contributed by atoms with E-state index in [-0.39, 0.29) is 17.9 Å². The topological polar surface area (TPSA) is 68.3 Å². The number of nitrogens with zero attached hydrogens (tertiary/aromatic N) is 1. The van der Waals surface area contributed by atoms with E-state index in [4.69, 9.17) is 4.74 Å². The number of esters is 1. The number of hydrogen-bond donors (Lipinski definition) is 1. The van der Waals surface area contributed by atoms with E-state index in [2.05, 4.69) is 37.1 Å². The summed E-state index contributed by atoms with van der Waals surface area (Å²) in [6, 6.07) is 34.4. The summed E-state index contributed by atoms with van der Waals surface area (Å²) >= 11 is 0. The highest BCUT2D eigenvalue weighted by molar-refractivity contribution is 6.06. The lowest BCUT2D eigenvalue weighted by Crippen LogP contribution is -2.21. The highest BCUT2D eigenvalue weighted by Crippen LogP contribution is 2.31. The average Bonchev–Trinajstić information content (AvgIpc) is 2.96. The van der Waals surface area contributed by atoms with Crippen LogP contribution in [0.4, 0.5) is 5.82 Å². The molecule has 0 aliphatic heterocycles. The highest BCUT2D eigenvalue weighted by atomic mass is 16.5. The van der Waals surface area contributed by atoms with Crippen LogP contribution >= 0.6 is 0 Å². The van der Waals surface area contributed by atoms with Crippen LogP contribution in [0, 0.1) is 0 Å². The van der Waals surface area contributed by atoms with E-state index >= 15 is 0 Å². The number of rotatable bonds is 6. The van der Waals surface area contributed by atoms with Crippen molar-refractivity contribution in [2.24, 2.45) is 0 Å². The first-order chi connectivity index (χ1) is 18.8. The molecule has 5 heteroatoms. The molecule has 1 amide bonds. The third-order valence-electron chi connectivity index (χ3n) is 6.56. The number of nitrogens with one attached hydrogen (secondary N) is 1. The maximum Gasteiger partial charge on any atom is 0.338 e. The van der Waals surface area contributed by atoms with Crippen LogP contribution in [0.5, 0.6) is 0 Å². The maximum atomic E-state index is 13.5. The Labute approximate surface area is 228 Å². The molecule has 5 nitrogen and oxygen atoms in total. The molecule has 0 spiro atoms. The summed E-state index contributed by atoms with van der Waals surface area (Å²) in [6.45, 7) is 6.50. The van der Waals surface area contributed by atoms with Gasteiger partial charge >= 0.3 is 5.97 Å². The molecule has 194 valence electrons. The second kappa shape index (κ2) is 10.9. The van der Waals surface area contributed by atoms with Gasteiger partial charge in [-0.15, -0.1) is 0 Å². The van der Waals surface area contributed by atoms with E-state index in [1.54, 1.807) is 24.3 Å². The number of ether oxygens (including phenoxy) is 1. The lowest BCUT2D eigenvalue weighted by atomic mass is 9.82. The molecule has 4 aromatic carbocycles. The molecular formula is C34H30N2O3. The molecule has 39 heavy (non-hydrogen) atoms. The molecule has 0 bridgehead atoms. The lowest BCUT2D eigenvalue weighted by Gasteiger charge is -2.23. The molecule has 1 aromatic heterocycles. The van der Waals surface area contributed by atoms with Crippen molar-refractivity contribution in [2.45, 2.75) is 32.8 Å². The minimum atomic E-state index is -0.397. The smallest absolute Gasteiger partial charge is 0.338 e. The van der Waals surface area contributed by atoms with Crippen molar-refractivity contribution in [1.82, 2.24) is 4.98 Å². The third kappa shape index (κ3) is 6.04. The largest absolute Gasteiger partial charge is 0.457 e. The zero-order valence-corrected chi connectivity index (χ0v) is 22.3. The van der Waals surface area contributed by atoms with Crippen molar-refractivity contribution in [1.29, 1.82) is 0 Å². The van der Waals surface area contributed by atoms with Crippen molar-refractivity contribution in [2.75, 3.05) is 5.32 Å². The highest BCUT2D eigenvalue weighted by Gasteiger charge is 2.23. The van der Waals surface area contributed by atoms with Gasteiger partial charge in [0.05, 0.1) is 11.1 Å². The second-order valence-corrected chi connectivity index (χ2v) is 10.5. The molecule has 1 heterocycles. The Morgan fingerprint density at radius 2 is 1.49 bits per heavy atom. The van der Waals surface area contributed by atoms with Crippen LogP contribution in [-0.2, 0) is 16.8 Å². The van der Waals surface area contributed by atoms with Gasteiger partial charge in [0.15, 0.2) is 0 Å². The summed E-state index contributed by atoms with van der Waals surface area (Å²) in [4.78, 5) is 30.7. The van der Waals surface area contributed by atoms with Crippen LogP contribution in [0.15, 0.2) is 109 Å². The standard InChI is InChI=1S/C34H30N2O3/c1-34(2,3)29-17-14-25(24-12-8-5-9-13-24)21-28(29)32(37)36-31-19-16-26-20-27(15-18-30(26)35-31)33(38)39-22-23-10-6-4-7-11-23/h4-21H,22H2,1-3H3,(H,35,36,37). The van der Waals surface area contributed by atoms with Crippen LogP contribution in [0.25, 0.3) is 22.0 Å². The van der Waals surface area contributed by atoms with Gasteiger partial charge in [0.1, 0.15) is 12.4 Å². The zero-order chi connectivity index (χ0) is 27.4. The molecule has 0 aliphatic rings. The molecule has 1 N–H and O–H groups in total. The van der Waals surface area contributed by atoms with E-state index in [0.29, 0.717) is 22.5 Å². The van der Waals surface area contributed by atoms with Gasteiger partial charge in [0.25, 0.3) is 5.91 Å². The summed E-state index contributed by atoms with van der Waals surface area (Å²) in [7, 11) is 0. The Bertz CT molecular complexity index is 1640. The van der Waals surface area contributed by atoms with E-state index in [9.17, 15) is 9.59 Å². The fourth-order valence-electron chi connectivity index (χ4n) is 4.51. The van der Waals surface area contributed by atoms with Gasteiger partial charge in [-0.2, -0.15) is 0 Å². The SMILES string of the molecule is CC(C)(C)c1ccc(-c2ccccc2)cc1C(=O)Nc1ccc2cc(C(=O)OCc3ccccc3)ccc2n1. The normalized spacial score (nSPS) is 11.3. The van der Waals surface area contributed by atoms with Gasteiger partial charge in [-0.1, -0.05) is 93.6 Å². The van der Waals surface area contributed by atoms with E-state index in [0.717, 1.165) is 27.6 Å². The molecule has 5 rings (SSSR count). The Morgan fingerprint density at radius 3 is 2.21 bits per heavy atom. The summed E-state index contributed by atoms with van der Waals surface area (Å²) in [5.41, 5.74) is 5.43. The molecule has 0 atom stereocenters. The van der Waals surface area contributed by atoms with E-state index in [1.165, 1.54) is 0 Å². The number of amides is 1. The monoisotopic (exact) mass is 514 g/mol. The molecule has 0 saturated carbocycles. The Morgan fingerprint density at radius 1 is 0.769 bits per heavy atom. The minimum Gasteiger partial charge on any atom is -0.457 e. The second-order valence-electron chi connectivity index (χ2n) is 10.5. The number of fused-ring (bicyclic) bond motifs is 1.